The summed E-state index contributed by atoms with van der Waals surface area (Å²) in [6, 6.07) is 17.6. The molecule has 5 rings (SSSR count). The van der Waals surface area contributed by atoms with Crippen LogP contribution in [0.3, 0.4) is 0 Å². The van der Waals surface area contributed by atoms with Gasteiger partial charge in [0.1, 0.15) is 5.54 Å². The van der Waals surface area contributed by atoms with Crippen LogP contribution in [0.5, 0.6) is 0 Å². The van der Waals surface area contributed by atoms with E-state index in [1.807, 2.05) is 42.5 Å². The number of carbonyl (C=O) groups is 1. The number of morpholine rings is 1. The SMILES string of the molecule is NC1(C(=O)Nc2ccc(-c3ccnc(Nc4ccc(N5CCOCC5)cc4)n3)cc2)CCOC1. The lowest BCUT2D eigenvalue weighted by Gasteiger charge is -2.28. The summed E-state index contributed by atoms with van der Waals surface area (Å²) in [6.07, 6.45) is 2.24. The third-order valence-electron chi connectivity index (χ3n) is 6.10. The van der Waals surface area contributed by atoms with Gasteiger partial charge in [-0.25, -0.2) is 9.97 Å². The van der Waals surface area contributed by atoms with Crippen LogP contribution in [0, 0.1) is 0 Å². The number of ether oxygens (including phenoxy) is 2. The van der Waals surface area contributed by atoms with Crippen LogP contribution in [0.2, 0.25) is 0 Å². The number of aromatic nitrogens is 2. The maximum atomic E-state index is 12.5. The van der Waals surface area contributed by atoms with Gasteiger partial charge in [-0.15, -0.1) is 0 Å². The summed E-state index contributed by atoms with van der Waals surface area (Å²) in [4.78, 5) is 23.8. The molecule has 0 aliphatic carbocycles. The molecule has 0 spiro atoms. The van der Waals surface area contributed by atoms with E-state index in [0.29, 0.717) is 24.7 Å². The molecule has 1 unspecified atom stereocenters. The highest BCUT2D eigenvalue weighted by molar-refractivity contribution is 5.98. The number of amides is 1. The number of rotatable bonds is 6. The molecule has 3 aromatic rings. The molecule has 3 heterocycles. The fourth-order valence-electron chi connectivity index (χ4n) is 4.03. The minimum Gasteiger partial charge on any atom is -0.379 e. The van der Waals surface area contributed by atoms with Crippen molar-refractivity contribution in [3.8, 4) is 11.3 Å². The van der Waals surface area contributed by atoms with E-state index < -0.39 is 5.54 Å². The number of nitrogens with zero attached hydrogens (tertiary/aromatic N) is 3. The molecule has 1 aromatic heterocycles. The Kier molecular flexibility index (Phi) is 6.39. The summed E-state index contributed by atoms with van der Waals surface area (Å²) in [6.45, 7) is 4.08. The molecular formula is C25H28N6O3. The Bertz CT molecular complexity index is 1120. The third kappa shape index (κ3) is 5.01. The van der Waals surface area contributed by atoms with Gasteiger partial charge in [0.05, 0.1) is 25.5 Å². The molecule has 2 saturated heterocycles. The molecule has 2 aromatic carbocycles. The molecular weight excluding hydrogens is 432 g/mol. The molecule has 2 aliphatic heterocycles. The molecule has 9 nitrogen and oxygen atoms in total. The number of nitrogens with one attached hydrogen (secondary N) is 2. The predicted octanol–water partition coefficient (Wildman–Crippen LogP) is 2.78. The topological polar surface area (TPSA) is 115 Å². The van der Waals surface area contributed by atoms with Gasteiger partial charge >= 0.3 is 0 Å². The van der Waals surface area contributed by atoms with Crippen molar-refractivity contribution >= 4 is 28.9 Å². The second kappa shape index (κ2) is 9.76. The summed E-state index contributed by atoms with van der Waals surface area (Å²) >= 11 is 0. The first kappa shape index (κ1) is 22.3. The van der Waals surface area contributed by atoms with Gasteiger partial charge in [-0.1, -0.05) is 12.1 Å². The standard InChI is InChI=1S/C25H28N6O3/c26-25(10-14-34-17-25)23(32)28-19-3-1-18(2-4-19)22-9-11-27-24(30-22)29-20-5-7-21(8-6-20)31-12-15-33-16-13-31/h1-9,11H,10,12-17,26H2,(H,28,32)(H,27,29,30). The van der Waals surface area contributed by atoms with Crippen LogP contribution in [0.15, 0.2) is 60.8 Å². The largest absolute Gasteiger partial charge is 0.379 e. The smallest absolute Gasteiger partial charge is 0.246 e. The van der Waals surface area contributed by atoms with E-state index >= 15 is 0 Å². The second-order valence-electron chi connectivity index (χ2n) is 8.53. The van der Waals surface area contributed by atoms with Gasteiger partial charge in [0, 0.05) is 48.5 Å². The first-order valence-corrected chi connectivity index (χ1v) is 11.4. The van der Waals surface area contributed by atoms with E-state index in [-0.39, 0.29) is 12.5 Å². The second-order valence-corrected chi connectivity index (χ2v) is 8.53. The van der Waals surface area contributed by atoms with Crippen LogP contribution >= 0.6 is 0 Å². The van der Waals surface area contributed by atoms with Crippen LogP contribution in [0.4, 0.5) is 23.0 Å². The Hall–Kier alpha value is -3.53. The molecule has 2 aliphatic rings. The van der Waals surface area contributed by atoms with Crippen molar-refractivity contribution in [3.63, 3.8) is 0 Å². The van der Waals surface area contributed by atoms with E-state index in [2.05, 4.69) is 37.6 Å². The molecule has 1 atom stereocenters. The van der Waals surface area contributed by atoms with Crippen LogP contribution in [0.1, 0.15) is 6.42 Å². The van der Waals surface area contributed by atoms with E-state index in [9.17, 15) is 4.79 Å². The first-order valence-electron chi connectivity index (χ1n) is 11.4. The fraction of sp³-hybridized carbons (Fsp3) is 0.320. The average molecular weight is 461 g/mol. The zero-order valence-electron chi connectivity index (χ0n) is 18.9. The quantitative estimate of drug-likeness (QED) is 0.515. The summed E-state index contributed by atoms with van der Waals surface area (Å²) in [5.41, 5.74) is 9.63. The first-order chi connectivity index (χ1) is 16.6. The van der Waals surface area contributed by atoms with Crippen LogP contribution in [-0.2, 0) is 14.3 Å². The maximum absolute atomic E-state index is 12.5. The number of hydrogen-bond donors (Lipinski definition) is 3. The maximum Gasteiger partial charge on any atom is 0.246 e. The van der Waals surface area contributed by atoms with Crippen molar-refractivity contribution in [1.29, 1.82) is 0 Å². The molecule has 176 valence electrons. The summed E-state index contributed by atoms with van der Waals surface area (Å²) in [5.74, 6) is 0.284. The van der Waals surface area contributed by atoms with Gasteiger partial charge < -0.3 is 30.7 Å². The number of carbonyl (C=O) groups excluding carboxylic acids is 1. The van der Waals surface area contributed by atoms with Crippen molar-refractivity contribution in [1.82, 2.24) is 9.97 Å². The van der Waals surface area contributed by atoms with Crippen LogP contribution in [0.25, 0.3) is 11.3 Å². The lowest BCUT2D eigenvalue weighted by atomic mass is 9.99. The van der Waals surface area contributed by atoms with Crippen LogP contribution in [-0.4, -0.2) is 60.9 Å². The van der Waals surface area contributed by atoms with Gasteiger partial charge in [-0.2, -0.15) is 0 Å². The van der Waals surface area contributed by atoms with Gasteiger partial charge in [-0.05, 0) is 48.9 Å². The Balaban J connectivity index is 1.23. The van der Waals surface area contributed by atoms with Crippen molar-refractivity contribution < 1.29 is 14.3 Å². The molecule has 1 amide bonds. The summed E-state index contributed by atoms with van der Waals surface area (Å²) < 4.78 is 10.7. The minimum atomic E-state index is -0.966. The Morgan fingerprint density at radius 3 is 2.38 bits per heavy atom. The zero-order valence-corrected chi connectivity index (χ0v) is 18.9. The number of hydrogen-bond acceptors (Lipinski definition) is 8. The average Bonchev–Trinajstić information content (AvgIpc) is 3.33. The van der Waals surface area contributed by atoms with E-state index in [1.165, 1.54) is 5.69 Å². The third-order valence-corrected chi connectivity index (χ3v) is 6.10. The summed E-state index contributed by atoms with van der Waals surface area (Å²) in [7, 11) is 0. The Morgan fingerprint density at radius 1 is 0.941 bits per heavy atom. The van der Waals surface area contributed by atoms with E-state index in [0.717, 1.165) is 43.2 Å². The van der Waals surface area contributed by atoms with Crippen molar-refractivity contribution in [2.45, 2.75) is 12.0 Å². The highest BCUT2D eigenvalue weighted by Gasteiger charge is 2.38. The molecule has 34 heavy (non-hydrogen) atoms. The number of nitrogens with two attached hydrogens (primary N) is 1. The molecule has 9 heteroatoms. The monoisotopic (exact) mass is 460 g/mol. The fourth-order valence-corrected chi connectivity index (χ4v) is 4.03. The van der Waals surface area contributed by atoms with Gasteiger partial charge in [0.2, 0.25) is 11.9 Å². The number of benzene rings is 2. The Labute approximate surface area is 198 Å². The van der Waals surface area contributed by atoms with Gasteiger partial charge in [0.25, 0.3) is 0 Å². The molecule has 4 N–H and O–H groups in total. The molecule has 0 radical (unpaired) electrons. The van der Waals surface area contributed by atoms with Gasteiger partial charge in [-0.3, -0.25) is 4.79 Å². The van der Waals surface area contributed by atoms with E-state index in [4.69, 9.17) is 15.2 Å². The van der Waals surface area contributed by atoms with Gasteiger partial charge in [0.15, 0.2) is 0 Å². The molecule has 2 fully saturated rings. The minimum absolute atomic E-state index is 0.231. The lowest BCUT2D eigenvalue weighted by molar-refractivity contribution is -0.121. The van der Waals surface area contributed by atoms with Crippen molar-refractivity contribution in [2.24, 2.45) is 5.73 Å². The normalized spacial score (nSPS) is 20.2. The summed E-state index contributed by atoms with van der Waals surface area (Å²) in [5, 5.41) is 6.14. The zero-order chi connectivity index (χ0) is 23.4. The predicted molar refractivity (Wildman–Crippen MR) is 131 cm³/mol. The van der Waals surface area contributed by atoms with Crippen molar-refractivity contribution in [3.05, 3.63) is 60.8 Å². The van der Waals surface area contributed by atoms with Crippen LogP contribution < -0.4 is 21.3 Å². The number of anilines is 4. The molecule has 0 saturated carbocycles. The Morgan fingerprint density at radius 2 is 1.68 bits per heavy atom. The highest BCUT2D eigenvalue weighted by atomic mass is 16.5. The van der Waals surface area contributed by atoms with E-state index in [1.54, 1.807) is 6.20 Å². The lowest BCUT2D eigenvalue weighted by Crippen LogP contribution is -2.51. The molecule has 0 bridgehead atoms. The highest BCUT2D eigenvalue weighted by Crippen LogP contribution is 2.24. The van der Waals surface area contributed by atoms with Crippen molar-refractivity contribution in [2.75, 3.05) is 55.1 Å².